The lowest BCUT2D eigenvalue weighted by molar-refractivity contribution is 0.394. The quantitative estimate of drug-likeness (QED) is 0.751. The highest BCUT2D eigenvalue weighted by molar-refractivity contribution is 5.42. The van der Waals surface area contributed by atoms with Crippen LogP contribution >= 0.6 is 0 Å². The highest BCUT2D eigenvalue weighted by Gasteiger charge is 2.26. The van der Waals surface area contributed by atoms with E-state index in [9.17, 15) is 13.9 Å². The first-order valence-electron chi connectivity index (χ1n) is 3.99. The molecule has 0 aromatic heterocycles. The van der Waals surface area contributed by atoms with E-state index in [1.807, 2.05) is 6.07 Å². The van der Waals surface area contributed by atoms with Crippen molar-refractivity contribution in [1.82, 2.24) is 0 Å². The molecule has 0 fully saturated rings. The van der Waals surface area contributed by atoms with Crippen LogP contribution in [0.25, 0.3) is 0 Å². The van der Waals surface area contributed by atoms with Crippen molar-refractivity contribution in [2.75, 3.05) is 0 Å². The molecule has 1 rings (SSSR count). The van der Waals surface area contributed by atoms with Crippen LogP contribution in [-0.4, -0.2) is 5.11 Å². The molecule has 4 heteroatoms. The summed E-state index contributed by atoms with van der Waals surface area (Å²) >= 11 is 0. The molecular weight excluding hydrogens is 188 g/mol. The van der Waals surface area contributed by atoms with Crippen LogP contribution in [0.1, 0.15) is 19.4 Å². The Morgan fingerprint density at radius 1 is 1.36 bits per heavy atom. The summed E-state index contributed by atoms with van der Waals surface area (Å²) in [7, 11) is 0. The molecule has 2 nitrogen and oxygen atoms in total. The van der Waals surface area contributed by atoms with Gasteiger partial charge in [0, 0.05) is 5.56 Å². The minimum Gasteiger partial charge on any atom is -0.505 e. The van der Waals surface area contributed by atoms with Gasteiger partial charge in [-0.3, -0.25) is 0 Å². The SMILES string of the molecule is CC(C)(C#N)c1ccc(F)c(F)c1O. The number of benzene rings is 1. The molecule has 0 aliphatic rings. The van der Waals surface area contributed by atoms with Gasteiger partial charge in [0.2, 0.25) is 5.82 Å². The van der Waals surface area contributed by atoms with Gasteiger partial charge in [-0.15, -0.1) is 0 Å². The number of phenols is 1. The van der Waals surface area contributed by atoms with Crippen LogP contribution in [0, 0.1) is 23.0 Å². The number of hydrogen-bond donors (Lipinski definition) is 1. The monoisotopic (exact) mass is 197 g/mol. The number of rotatable bonds is 1. The van der Waals surface area contributed by atoms with Gasteiger partial charge in [0.25, 0.3) is 0 Å². The Morgan fingerprint density at radius 3 is 2.43 bits per heavy atom. The third-order valence-corrected chi connectivity index (χ3v) is 2.02. The van der Waals surface area contributed by atoms with Crippen molar-refractivity contribution in [2.45, 2.75) is 19.3 Å². The van der Waals surface area contributed by atoms with E-state index in [1.165, 1.54) is 19.9 Å². The maximum atomic E-state index is 12.9. The van der Waals surface area contributed by atoms with Crippen LogP contribution in [-0.2, 0) is 5.41 Å². The van der Waals surface area contributed by atoms with Gasteiger partial charge in [-0.05, 0) is 19.9 Å². The largest absolute Gasteiger partial charge is 0.505 e. The van der Waals surface area contributed by atoms with Gasteiger partial charge >= 0.3 is 0 Å². The van der Waals surface area contributed by atoms with Crippen molar-refractivity contribution in [2.24, 2.45) is 0 Å². The molecule has 0 atom stereocenters. The summed E-state index contributed by atoms with van der Waals surface area (Å²) in [6.45, 7) is 3.03. The molecular formula is C10H9F2NO. The summed E-state index contributed by atoms with van der Waals surface area (Å²) in [6, 6.07) is 3.99. The summed E-state index contributed by atoms with van der Waals surface area (Å²) in [5.41, 5.74) is -0.961. The van der Waals surface area contributed by atoms with Crippen LogP contribution in [0.4, 0.5) is 8.78 Å². The minimum atomic E-state index is -1.31. The number of halogens is 2. The second-order valence-electron chi connectivity index (χ2n) is 3.49. The fraction of sp³-hybridized carbons (Fsp3) is 0.300. The molecule has 0 aliphatic carbocycles. The molecule has 1 N–H and O–H groups in total. The molecule has 0 saturated carbocycles. The fourth-order valence-corrected chi connectivity index (χ4v) is 1.10. The summed E-state index contributed by atoms with van der Waals surface area (Å²) < 4.78 is 25.6. The van der Waals surface area contributed by atoms with E-state index in [2.05, 4.69) is 0 Å². The highest BCUT2D eigenvalue weighted by Crippen LogP contribution is 2.33. The van der Waals surface area contributed by atoms with E-state index in [-0.39, 0.29) is 5.56 Å². The lowest BCUT2D eigenvalue weighted by Gasteiger charge is -2.17. The van der Waals surface area contributed by atoms with Crippen LogP contribution in [0.3, 0.4) is 0 Å². The maximum absolute atomic E-state index is 12.9. The normalized spacial score (nSPS) is 11.1. The number of hydrogen-bond acceptors (Lipinski definition) is 2. The van der Waals surface area contributed by atoms with Gasteiger partial charge in [-0.1, -0.05) is 6.07 Å². The molecule has 0 saturated heterocycles. The van der Waals surface area contributed by atoms with Crippen molar-refractivity contribution in [3.05, 3.63) is 29.3 Å². The number of aromatic hydroxyl groups is 1. The van der Waals surface area contributed by atoms with E-state index >= 15 is 0 Å². The average Bonchev–Trinajstić information content (AvgIpc) is 2.14. The molecule has 0 heterocycles. The third kappa shape index (κ3) is 1.53. The molecule has 0 amide bonds. The Hall–Kier alpha value is -1.63. The molecule has 0 radical (unpaired) electrons. The van der Waals surface area contributed by atoms with E-state index in [1.54, 1.807) is 0 Å². The zero-order chi connectivity index (χ0) is 10.9. The predicted molar refractivity (Wildman–Crippen MR) is 46.7 cm³/mol. The van der Waals surface area contributed by atoms with Crippen molar-refractivity contribution in [1.29, 1.82) is 5.26 Å². The van der Waals surface area contributed by atoms with Gasteiger partial charge in [-0.25, -0.2) is 4.39 Å². The molecule has 0 aliphatic heterocycles. The first-order chi connectivity index (χ1) is 6.40. The van der Waals surface area contributed by atoms with Crippen molar-refractivity contribution in [3.8, 4) is 11.8 Å². The summed E-state index contributed by atoms with van der Waals surface area (Å²) in [5.74, 6) is -3.23. The summed E-state index contributed by atoms with van der Waals surface area (Å²) in [6.07, 6.45) is 0. The first kappa shape index (κ1) is 10.5. The van der Waals surface area contributed by atoms with Crippen molar-refractivity contribution < 1.29 is 13.9 Å². The fourth-order valence-electron chi connectivity index (χ4n) is 1.10. The second-order valence-corrected chi connectivity index (χ2v) is 3.49. The van der Waals surface area contributed by atoms with Crippen LogP contribution in [0.2, 0.25) is 0 Å². The Bertz CT molecular complexity index is 407. The molecule has 1 aromatic rings. The maximum Gasteiger partial charge on any atom is 0.200 e. The summed E-state index contributed by atoms with van der Waals surface area (Å²) in [4.78, 5) is 0. The van der Waals surface area contributed by atoms with E-state index in [0.29, 0.717) is 0 Å². The zero-order valence-electron chi connectivity index (χ0n) is 7.81. The van der Waals surface area contributed by atoms with E-state index in [0.717, 1.165) is 6.07 Å². The van der Waals surface area contributed by atoms with Crippen LogP contribution in [0.15, 0.2) is 12.1 Å². The van der Waals surface area contributed by atoms with E-state index < -0.39 is 22.8 Å². The van der Waals surface area contributed by atoms with Gasteiger partial charge in [0.1, 0.15) is 0 Å². The average molecular weight is 197 g/mol. The van der Waals surface area contributed by atoms with Crippen molar-refractivity contribution >= 4 is 0 Å². The van der Waals surface area contributed by atoms with Crippen LogP contribution in [0.5, 0.6) is 5.75 Å². The number of phenolic OH excluding ortho intramolecular Hbond substituents is 1. The molecule has 74 valence electrons. The van der Waals surface area contributed by atoms with Gasteiger partial charge in [-0.2, -0.15) is 9.65 Å². The highest BCUT2D eigenvalue weighted by atomic mass is 19.2. The standard InChI is InChI=1S/C10H9F2NO/c1-10(2,5-13)6-3-4-7(11)8(12)9(6)14/h3-4,14H,1-2H3. The third-order valence-electron chi connectivity index (χ3n) is 2.02. The Morgan fingerprint density at radius 2 is 1.93 bits per heavy atom. The Kier molecular flexibility index (Phi) is 2.43. The minimum absolute atomic E-state index is 0.0823. The first-order valence-corrected chi connectivity index (χ1v) is 3.99. The second kappa shape index (κ2) is 3.26. The molecule has 0 unspecified atom stereocenters. The lowest BCUT2D eigenvalue weighted by atomic mass is 9.85. The smallest absolute Gasteiger partial charge is 0.200 e. The van der Waals surface area contributed by atoms with Gasteiger partial charge in [0.15, 0.2) is 11.6 Å². The Balaban J connectivity index is 3.41. The summed E-state index contributed by atoms with van der Waals surface area (Å²) in [5, 5.41) is 18.0. The number of nitriles is 1. The molecule has 0 bridgehead atoms. The predicted octanol–water partition coefficient (Wildman–Crippen LogP) is 2.47. The van der Waals surface area contributed by atoms with Gasteiger partial charge < -0.3 is 5.11 Å². The topological polar surface area (TPSA) is 44.0 Å². The van der Waals surface area contributed by atoms with Crippen LogP contribution < -0.4 is 0 Å². The molecule has 14 heavy (non-hydrogen) atoms. The van der Waals surface area contributed by atoms with Crippen molar-refractivity contribution in [3.63, 3.8) is 0 Å². The lowest BCUT2D eigenvalue weighted by Crippen LogP contribution is -2.14. The van der Waals surface area contributed by atoms with Gasteiger partial charge in [0.05, 0.1) is 11.5 Å². The number of nitrogens with zero attached hydrogens (tertiary/aromatic N) is 1. The molecule has 0 spiro atoms. The Labute approximate surface area is 80.4 Å². The molecule has 1 aromatic carbocycles. The van der Waals surface area contributed by atoms with E-state index in [4.69, 9.17) is 5.26 Å². The zero-order valence-corrected chi connectivity index (χ0v) is 7.81.